The number of hydrogen-bond acceptors (Lipinski definition) is 3. The summed E-state index contributed by atoms with van der Waals surface area (Å²) in [6.45, 7) is 11.5. The van der Waals surface area contributed by atoms with Crippen molar-refractivity contribution < 1.29 is 9.59 Å². The van der Waals surface area contributed by atoms with Crippen LogP contribution >= 0.6 is 22.6 Å². The van der Waals surface area contributed by atoms with Gasteiger partial charge in [0.2, 0.25) is 5.91 Å². The zero-order valence-electron chi connectivity index (χ0n) is 17.9. The van der Waals surface area contributed by atoms with Crippen LogP contribution in [-0.2, 0) is 4.79 Å². The van der Waals surface area contributed by atoms with Crippen molar-refractivity contribution in [1.82, 2.24) is 15.2 Å². The van der Waals surface area contributed by atoms with E-state index in [4.69, 9.17) is 0 Å². The van der Waals surface area contributed by atoms with Gasteiger partial charge in [0.15, 0.2) is 0 Å². The van der Waals surface area contributed by atoms with Crippen molar-refractivity contribution in [3.05, 3.63) is 55.9 Å². The number of aryl methyl sites for hydroxylation is 1. The number of nitrogens with one attached hydrogen (secondary N) is 3. The number of rotatable bonds is 8. The summed E-state index contributed by atoms with van der Waals surface area (Å²) in [5.41, 5.74) is 5.11. The van der Waals surface area contributed by atoms with E-state index in [1.54, 1.807) is 0 Å². The second kappa shape index (κ2) is 9.78. The van der Waals surface area contributed by atoms with Crippen molar-refractivity contribution in [3.8, 4) is 0 Å². The minimum Gasteiger partial charge on any atom is -0.358 e. The lowest BCUT2D eigenvalue weighted by molar-refractivity contribution is -0.116. The van der Waals surface area contributed by atoms with Crippen molar-refractivity contribution in [2.45, 2.75) is 33.6 Å². The molecule has 1 aliphatic heterocycles. The van der Waals surface area contributed by atoms with Crippen LogP contribution in [-0.4, -0.2) is 47.9 Å². The fraction of sp³-hybridized carbons (Fsp3) is 0.391. The van der Waals surface area contributed by atoms with Crippen LogP contribution in [0, 0.1) is 17.4 Å². The summed E-state index contributed by atoms with van der Waals surface area (Å²) in [5.74, 6) is -0.422. The summed E-state index contributed by atoms with van der Waals surface area (Å²) in [4.78, 5) is 30.7. The summed E-state index contributed by atoms with van der Waals surface area (Å²) in [5, 5.41) is 5.96. The molecule has 1 unspecified atom stereocenters. The number of anilines is 1. The number of aromatic amines is 1. The van der Waals surface area contributed by atoms with Crippen LogP contribution < -0.4 is 10.6 Å². The van der Waals surface area contributed by atoms with Gasteiger partial charge in [-0.15, -0.1) is 0 Å². The van der Waals surface area contributed by atoms with Gasteiger partial charge < -0.3 is 20.5 Å². The molecule has 1 aromatic carbocycles. The smallest absolute Gasteiger partial charge is 0.253 e. The van der Waals surface area contributed by atoms with Crippen LogP contribution in [0.3, 0.4) is 0 Å². The molecule has 7 heteroatoms. The summed E-state index contributed by atoms with van der Waals surface area (Å²) < 4.78 is 1.09. The van der Waals surface area contributed by atoms with Crippen LogP contribution in [0.2, 0.25) is 0 Å². The Morgan fingerprint density at radius 2 is 2.00 bits per heavy atom. The summed E-state index contributed by atoms with van der Waals surface area (Å²) >= 11 is 2.25. The van der Waals surface area contributed by atoms with Gasteiger partial charge in [0, 0.05) is 33.7 Å². The second-order valence-electron chi connectivity index (χ2n) is 7.50. The Bertz CT molecular complexity index is 976. The van der Waals surface area contributed by atoms with Gasteiger partial charge in [-0.3, -0.25) is 9.59 Å². The molecule has 0 fully saturated rings. The highest BCUT2D eigenvalue weighted by atomic mass is 127. The van der Waals surface area contributed by atoms with Gasteiger partial charge in [-0.05, 0) is 84.9 Å². The lowest BCUT2D eigenvalue weighted by Gasteiger charge is -2.18. The normalized spacial score (nSPS) is 15.7. The van der Waals surface area contributed by atoms with Crippen molar-refractivity contribution in [2.24, 2.45) is 0 Å². The molecule has 3 N–H and O–H groups in total. The number of hydrogen-bond donors (Lipinski definition) is 3. The maximum absolute atomic E-state index is 12.7. The zero-order chi connectivity index (χ0) is 21.8. The summed E-state index contributed by atoms with van der Waals surface area (Å²) in [7, 11) is 0. The number of likely N-dealkylation sites (N-methyl/N-ethyl adjacent to an activating group) is 1. The fourth-order valence-electron chi connectivity index (χ4n) is 3.88. The van der Waals surface area contributed by atoms with E-state index in [1.165, 1.54) is 0 Å². The maximum Gasteiger partial charge on any atom is 0.253 e. The van der Waals surface area contributed by atoms with Crippen LogP contribution in [0.5, 0.6) is 0 Å². The first kappa shape index (κ1) is 22.6. The lowest BCUT2D eigenvalue weighted by Crippen LogP contribution is -2.35. The lowest BCUT2D eigenvalue weighted by atomic mass is 9.99. The number of amides is 2. The standard InChI is InChI=1S/C23H29IN4O2/c1-5-28(6-2)12-11-25-23(30)21-14(3)19(26-15(21)4)10-8-17-18-13-16(24)7-9-20(18)27-22(17)29/h7-10,13,17,26H,5-6,11-12H2,1-4H3,(H,25,30)(H,27,29)/b10-8-. The number of carbonyl (C=O) groups excluding carboxylic acids is 2. The molecule has 0 saturated heterocycles. The van der Waals surface area contributed by atoms with Crippen LogP contribution in [0.4, 0.5) is 5.69 Å². The van der Waals surface area contributed by atoms with E-state index in [2.05, 4.69) is 57.0 Å². The number of carbonyl (C=O) groups is 2. The molecule has 6 nitrogen and oxygen atoms in total. The Hall–Kier alpha value is -2.13. The number of halogens is 1. The second-order valence-corrected chi connectivity index (χ2v) is 8.75. The number of fused-ring (bicyclic) bond motifs is 1. The SMILES string of the molecule is CCN(CC)CCNC(=O)c1c(C)[nH]c(/C=C\C2C(=O)Nc3ccc(I)cc32)c1C. The first-order valence-corrected chi connectivity index (χ1v) is 11.4. The molecule has 30 heavy (non-hydrogen) atoms. The quantitative estimate of drug-likeness (QED) is 0.460. The Morgan fingerprint density at radius 1 is 1.27 bits per heavy atom. The molecule has 0 saturated carbocycles. The van der Waals surface area contributed by atoms with Gasteiger partial charge in [-0.2, -0.15) is 0 Å². The van der Waals surface area contributed by atoms with E-state index in [-0.39, 0.29) is 17.7 Å². The van der Waals surface area contributed by atoms with Gasteiger partial charge in [-0.1, -0.05) is 19.9 Å². The highest BCUT2D eigenvalue weighted by Gasteiger charge is 2.28. The zero-order valence-corrected chi connectivity index (χ0v) is 20.1. The molecule has 0 radical (unpaired) electrons. The minimum atomic E-state index is -0.330. The number of aromatic nitrogens is 1. The van der Waals surface area contributed by atoms with Crippen LogP contribution in [0.15, 0.2) is 24.3 Å². The van der Waals surface area contributed by atoms with Gasteiger partial charge in [-0.25, -0.2) is 0 Å². The molecule has 2 amide bonds. The molecule has 0 aliphatic carbocycles. The van der Waals surface area contributed by atoms with Gasteiger partial charge in [0.05, 0.1) is 11.5 Å². The van der Waals surface area contributed by atoms with E-state index in [9.17, 15) is 9.59 Å². The molecule has 1 aliphatic rings. The molecule has 1 aromatic heterocycles. The van der Waals surface area contributed by atoms with E-state index >= 15 is 0 Å². The predicted molar refractivity (Wildman–Crippen MR) is 130 cm³/mol. The van der Waals surface area contributed by atoms with Crippen molar-refractivity contribution in [1.29, 1.82) is 0 Å². The van der Waals surface area contributed by atoms with Gasteiger partial charge >= 0.3 is 0 Å². The molecular formula is C23H29IN4O2. The summed E-state index contributed by atoms with van der Waals surface area (Å²) in [6.07, 6.45) is 3.81. The Labute approximate surface area is 191 Å². The third-order valence-electron chi connectivity index (χ3n) is 5.66. The molecule has 0 spiro atoms. The predicted octanol–water partition coefficient (Wildman–Crippen LogP) is 4.06. The number of nitrogens with zero attached hydrogens (tertiary/aromatic N) is 1. The number of H-pyrrole nitrogens is 1. The first-order chi connectivity index (χ1) is 14.3. The van der Waals surface area contributed by atoms with Gasteiger partial charge in [0.25, 0.3) is 5.91 Å². The Balaban J connectivity index is 1.74. The van der Waals surface area contributed by atoms with E-state index in [0.717, 1.165) is 51.4 Å². The molecule has 3 rings (SSSR count). The highest BCUT2D eigenvalue weighted by Crippen LogP contribution is 2.35. The van der Waals surface area contributed by atoms with Gasteiger partial charge in [0.1, 0.15) is 0 Å². The Morgan fingerprint density at radius 3 is 2.70 bits per heavy atom. The third kappa shape index (κ3) is 4.78. The van der Waals surface area contributed by atoms with Crippen molar-refractivity contribution in [2.75, 3.05) is 31.5 Å². The molecular weight excluding hydrogens is 491 g/mol. The molecule has 1 atom stereocenters. The number of benzene rings is 1. The Kier molecular flexibility index (Phi) is 7.36. The molecule has 2 heterocycles. The fourth-order valence-corrected chi connectivity index (χ4v) is 4.39. The largest absolute Gasteiger partial charge is 0.358 e. The maximum atomic E-state index is 12.7. The third-order valence-corrected chi connectivity index (χ3v) is 6.33. The molecule has 160 valence electrons. The summed E-state index contributed by atoms with van der Waals surface area (Å²) in [6, 6.07) is 5.95. The highest BCUT2D eigenvalue weighted by molar-refractivity contribution is 14.1. The molecule has 0 bridgehead atoms. The molecule has 2 aromatic rings. The van der Waals surface area contributed by atoms with Crippen LogP contribution in [0.25, 0.3) is 6.08 Å². The average Bonchev–Trinajstić information content (AvgIpc) is 3.18. The van der Waals surface area contributed by atoms with Crippen LogP contribution in [0.1, 0.15) is 52.6 Å². The first-order valence-electron chi connectivity index (χ1n) is 10.3. The van der Waals surface area contributed by atoms with E-state index in [1.807, 2.05) is 44.2 Å². The average molecular weight is 520 g/mol. The minimum absolute atomic E-state index is 0.0291. The monoisotopic (exact) mass is 520 g/mol. The van der Waals surface area contributed by atoms with Crippen molar-refractivity contribution in [3.63, 3.8) is 0 Å². The van der Waals surface area contributed by atoms with E-state index in [0.29, 0.717) is 12.1 Å². The van der Waals surface area contributed by atoms with E-state index < -0.39 is 0 Å². The van der Waals surface area contributed by atoms with Crippen molar-refractivity contribution >= 4 is 46.2 Å². The topological polar surface area (TPSA) is 77.2 Å².